The van der Waals surface area contributed by atoms with Gasteiger partial charge in [0.25, 0.3) is 0 Å². The van der Waals surface area contributed by atoms with Gasteiger partial charge in [-0.3, -0.25) is 14.5 Å². The van der Waals surface area contributed by atoms with Gasteiger partial charge in [0, 0.05) is 32.8 Å². The van der Waals surface area contributed by atoms with Gasteiger partial charge in [0.1, 0.15) is 11.0 Å². The Morgan fingerprint density at radius 3 is 2.43 bits per heavy atom. The summed E-state index contributed by atoms with van der Waals surface area (Å²) in [5.74, 6) is 0.0883. The van der Waals surface area contributed by atoms with Crippen LogP contribution in [0.4, 0.5) is 0 Å². The van der Waals surface area contributed by atoms with Crippen molar-refractivity contribution in [2.75, 3.05) is 46.4 Å². The zero-order valence-electron chi connectivity index (χ0n) is 19.8. The molecular weight excluding hydrogens is 426 g/mol. The van der Waals surface area contributed by atoms with Crippen LogP contribution in [0.2, 0.25) is 0 Å². The number of rotatable bonds is 12. The Hall–Kier alpha value is -0.520. The molecule has 1 saturated heterocycles. The highest BCUT2D eigenvalue weighted by molar-refractivity contribution is 8.01. The molecule has 0 aromatic heterocycles. The molecule has 0 aliphatic carbocycles. The molecule has 30 heavy (non-hydrogen) atoms. The minimum atomic E-state index is -0.636. The summed E-state index contributed by atoms with van der Waals surface area (Å²) in [7, 11) is 6.77. The first-order valence-electron chi connectivity index (χ1n) is 10.1. The van der Waals surface area contributed by atoms with Gasteiger partial charge < -0.3 is 24.8 Å². The maximum absolute atomic E-state index is 13.0. The molecule has 10 heteroatoms. The lowest BCUT2D eigenvalue weighted by Crippen LogP contribution is -2.55. The first kappa shape index (κ1) is 27.5. The van der Waals surface area contributed by atoms with E-state index in [1.807, 2.05) is 34.7 Å². The number of ether oxygens (including phenoxy) is 3. The Morgan fingerprint density at radius 1 is 1.27 bits per heavy atom. The fourth-order valence-corrected chi connectivity index (χ4v) is 5.19. The molecule has 1 heterocycles. The molecule has 0 saturated carbocycles. The minimum Gasteiger partial charge on any atom is -0.368 e. The summed E-state index contributed by atoms with van der Waals surface area (Å²) in [6, 6.07) is -0.943. The maximum Gasteiger partial charge on any atom is 0.243 e. The number of likely N-dealkylation sites (N-methyl/N-ethyl adjacent to an activating group) is 2. The van der Waals surface area contributed by atoms with E-state index < -0.39 is 16.8 Å². The van der Waals surface area contributed by atoms with Gasteiger partial charge in [-0.1, -0.05) is 0 Å². The minimum absolute atomic E-state index is 0.142. The van der Waals surface area contributed by atoms with E-state index in [1.54, 1.807) is 33.0 Å². The monoisotopic (exact) mass is 465 g/mol. The highest BCUT2D eigenvalue weighted by Gasteiger charge is 2.45. The van der Waals surface area contributed by atoms with Crippen LogP contribution < -0.4 is 10.6 Å². The second-order valence-electron chi connectivity index (χ2n) is 8.41. The Kier molecular flexibility index (Phi) is 10.4. The number of thioether (sulfide) groups is 2. The predicted octanol–water partition coefficient (Wildman–Crippen LogP) is 1.89. The van der Waals surface area contributed by atoms with Crippen LogP contribution in [0.25, 0.3) is 0 Å². The van der Waals surface area contributed by atoms with Crippen LogP contribution in [0.3, 0.4) is 0 Å². The van der Waals surface area contributed by atoms with Crippen molar-refractivity contribution in [3.63, 3.8) is 0 Å². The molecule has 1 rings (SSSR count). The normalized spacial score (nSPS) is 24.0. The first-order valence-corrected chi connectivity index (χ1v) is 12.0. The average molecular weight is 466 g/mol. The van der Waals surface area contributed by atoms with Crippen LogP contribution in [0.15, 0.2) is 0 Å². The highest BCUT2D eigenvalue weighted by atomic mass is 32.2. The molecule has 0 spiro atoms. The predicted molar refractivity (Wildman–Crippen MR) is 124 cm³/mol. The van der Waals surface area contributed by atoms with Crippen LogP contribution in [0.5, 0.6) is 0 Å². The van der Waals surface area contributed by atoms with Crippen molar-refractivity contribution in [2.45, 2.75) is 68.7 Å². The second-order valence-corrected chi connectivity index (χ2v) is 11.5. The van der Waals surface area contributed by atoms with Crippen molar-refractivity contribution in [2.24, 2.45) is 0 Å². The van der Waals surface area contributed by atoms with Gasteiger partial charge in [0.05, 0.1) is 17.5 Å². The number of nitrogens with zero attached hydrogens (tertiary/aromatic N) is 1. The van der Waals surface area contributed by atoms with E-state index in [9.17, 15) is 9.59 Å². The van der Waals surface area contributed by atoms with Crippen molar-refractivity contribution < 1.29 is 23.8 Å². The van der Waals surface area contributed by atoms with Crippen LogP contribution in [-0.4, -0.2) is 90.8 Å². The summed E-state index contributed by atoms with van der Waals surface area (Å²) in [6.45, 7) is 10.2. The number of hydrogen-bond acceptors (Lipinski definition) is 8. The van der Waals surface area contributed by atoms with Crippen LogP contribution in [0.1, 0.15) is 41.0 Å². The zero-order chi connectivity index (χ0) is 23.2. The van der Waals surface area contributed by atoms with Gasteiger partial charge in [-0.05, 0) is 48.1 Å². The molecule has 176 valence electrons. The fraction of sp³-hybridized carbons (Fsp3) is 0.900. The van der Waals surface area contributed by atoms with E-state index >= 15 is 0 Å². The van der Waals surface area contributed by atoms with Crippen molar-refractivity contribution in [1.29, 1.82) is 0 Å². The van der Waals surface area contributed by atoms with Gasteiger partial charge >= 0.3 is 0 Å². The van der Waals surface area contributed by atoms with Gasteiger partial charge in [-0.25, -0.2) is 0 Å². The maximum atomic E-state index is 13.0. The summed E-state index contributed by atoms with van der Waals surface area (Å²) in [5, 5.41) is 5.57. The Balaban J connectivity index is 2.71. The lowest BCUT2D eigenvalue weighted by Gasteiger charge is -2.35. The van der Waals surface area contributed by atoms with E-state index in [0.29, 0.717) is 18.1 Å². The number of methoxy groups -OCH3 is 2. The first-order chi connectivity index (χ1) is 13.8. The van der Waals surface area contributed by atoms with Crippen molar-refractivity contribution in [3.8, 4) is 0 Å². The van der Waals surface area contributed by atoms with Crippen LogP contribution in [-0.2, 0) is 23.8 Å². The smallest absolute Gasteiger partial charge is 0.243 e. The number of carbonyl (C=O) groups excluding carboxylic acids is 2. The standard InChI is InChI=1S/C20H39N3O5S2/c1-18(2,26-8)28-11-10-20(5)23(7)15(13-30-20)17(25)22-14(16(24)21-6)12-29-19(3,4)27-9/h14-15H,10-13H2,1-9H3,(H,21,24)(H,22,25)/t14-,15-,20?/m0/s1. The Morgan fingerprint density at radius 2 is 1.90 bits per heavy atom. The van der Waals surface area contributed by atoms with Gasteiger partial charge in [-0.15, -0.1) is 23.5 Å². The van der Waals surface area contributed by atoms with Gasteiger partial charge in [0.2, 0.25) is 11.8 Å². The topological polar surface area (TPSA) is 89.1 Å². The molecular formula is C20H39N3O5S2. The zero-order valence-corrected chi connectivity index (χ0v) is 21.4. The summed E-state index contributed by atoms with van der Waals surface area (Å²) >= 11 is 3.21. The molecule has 1 unspecified atom stereocenters. The van der Waals surface area contributed by atoms with E-state index in [0.717, 1.165) is 6.42 Å². The third-order valence-electron chi connectivity index (χ3n) is 5.54. The molecule has 2 amide bonds. The third kappa shape index (κ3) is 7.87. The van der Waals surface area contributed by atoms with Crippen molar-refractivity contribution in [3.05, 3.63) is 0 Å². The van der Waals surface area contributed by atoms with E-state index in [2.05, 4.69) is 22.5 Å². The number of hydrogen-bond donors (Lipinski definition) is 2. The molecule has 1 fully saturated rings. The van der Waals surface area contributed by atoms with E-state index in [-0.39, 0.29) is 22.7 Å². The van der Waals surface area contributed by atoms with Gasteiger partial charge in [0.15, 0.2) is 5.79 Å². The molecule has 1 aliphatic heterocycles. The van der Waals surface area contributed by atoms with Crippen molar-refractivity contribution >= 4 is 35.3 Å². The molecule has 0 radical (unpaired) electrons. The molecule has 0 aromatic rings. The Labute approximate surface area is 189 Å². The number of amides is 2. The van der Waals surface area contributed by atoms with Crippen LogP contribution in [0, 0.1) is 0 Å². The molecule has 1 aliphatic rings. The third-order valence-corrected chi connectivity index (χ3v) is 8.50. The summed E-state index contributed by atoms with van der Waals surface area (Å²) in [5.41, 5.74) is 0. The van der Waals surface area contributed by atoms with E-state index in [4.69, 9.17) is 14.2 Å². The molecule has 8 nitrogen and oxygen atoms in total. The summed E-state index contributed by atoms with van der Waals surface area (Å²) < 4.78 is 16.5. The summed E-state index contributed by atoms with van der Waals surface area (Å²) in [6.07, 6.45) is 0.751. The lowest BCUT2D eigenvalue weighted by molar-refractivity contribution is -0.199. The summed E-state index contributed by atoms with van der Waals surface area (Å²) in [4.78, 5) is 26.7. The number of carbonyl (C=O) groups is 2. The molecule has 0 bridgehead atoms. The fourth-order valence-electron chi connectivity index (χ4n) is 2.81. The van der Waals surface area contributed by atoms with Gasteiger partial charge in [-0.2, -0.15) is 0 Å². The second kappa shape index (κ2) is 11.4. The number of nitrogens with one attached hydrogen (secondary N) is 2. The Bertz CT molecular complexity index is 591. The van der Waals surface area contributed by atoms with E-state index in [1.165, 1.54) is 11.8 Å². The average Bonchev–Trinajstić information content (AvgIpc) is 2.99. The lowest BCUT2D eigenvalue weighted by atomic mass is 10.1. The molecule has 2 N–H and O–H groups in total. The SMILES string of the molecule is CNC(=O)[C@H](CSC(C)(C)OC)NC(=O)[C@@H]1CSC(C)(CCOC(C)(C)OC)N1C. The molecule has 0 aromatic carbocycles. The largest absolute Gasteiger partial charge is 0.368 e. The highest BCUT2D eigenvalue weighted by Crippen LogP contribution is 2.41. The molecule has 3 atom stereocenters. The van der Waals surface area contributed by atoms with Crippen LogP contribution >= 0.6 is 23.5 Å². The quantitative estimate of drug-likeness (QED) is 0.423. The van der Waals surface area contributed by atoms with Crippen molar-refractivity contribution in [1.82, 2.24) is 15.5 Å².